The smallest absolute Gasteiger partial charge is 0.170 e. The van der Waals surface area contributed by atoms with Crippen molar-refractivity contribution in [2.24, 2.45) is 0 Å². The number of hydrogen-bond acceptors (Lipinski definition) is 3. The van der Waals surface area contributed by atoms with Crippen LogP contribution in [0.1, 0.15) is 10.5 Å². The number of aldehydes is 1. The van der Waals surface area contributed by atoms with E-state index in [0.29, 0.717) is 5.69 Å². The van der Waals surface area contributed by atoms with Crippen molar-refractivity contribution in [1.29, 1.82) is 0 Å². The lowest BCUT2D eigenvalue weighted by Gasteiger charge is -2.05. The van der Waals surface area contributed by atoms with Crippen LogP contribution in [0.3, 0.4) is 0 Å². The van der Waals surface area contributed by atoms with Gasteiger partial charge in [0.15, 0.2) is 6.29 Å². The van der Waals surface area contributed by atoms with E-state index in [0.717, 1.165) is 34.4 Å². The fraction of sp³-hybridized carbons (Fsp3) is 0. The lowest BCUT2D eigenvalue weighted by molar-refractivity contribution is 0.112. The van der Waals surface area contributed by atoms with Gasteiger partial charge in [-0.15, -0.1) is 0 Å². The zero-order valence-electron chi connectivity index (χ0n) is 12.3. The zero-order chi connectivity index (χ0) is 15.6. The molecule has 0 aliphatic rings. The van der Waals surface area contributed by atoms with Crippen LogP contribution in [-0.4, -0.2) is 20.7 Å². The maximum absolute atomic E-state index is 11.4. The van der Waals surface area contributed by atoms with Gasteiger partial charge >= 0.3 is 0 Å². The van der Waals surface area contributed by atoms with E-state index in [2.05, 4.69) is 9.97 Å². The molecule has 0 fully saturated rings. The van der Waals surface area contributed by atoms with Crippen LogP contribution in [0.5, 0.6) is 0 Å². The first-order chi connectivity index (χ1) is 11.4. The van der Waals surface area contributed by atoms with E-state index >= 15 is 0 Å². The Morgan fingerprint density at radius 1 is 0.870 bits per heavy atom. The summed E-state index contributed by atoms with van der Waals surface area (Å²) >= 11 is 0. The van der Waals surface area contributed by atoms with Crippen LogP contribution in [0.4, 0.5) is 0 Å². The molecule has 0 saturated heterocycles. The molecular weight excluding hydrogens is 286 g/mol. The molecule has 4 rings (SSSR count). The SMILES string of the molecule is O=Cc1nc2ccc(-c3ccccn3)cn2c1-c1ccccc1. The highest BCUT2D eigenvalue weighted by Crippen LogP contribution is 2.26. The van der Waals surface area contributed by atoms with Crippen LogP contribution in [-0.2, 0) is 0 Å². The van der Waals surface area contributed by atoms with Gasteiger partial charge in [0.25, 0.3) is 0 Å². The lowest BCUT2D eigenvalue weighted by Crippen LogP contribution is -1.92. The summed E-state index contributed by atoms with van der Waals surface area (Å²) in [4.78, 5) is 20.2. The molecule has 4 nitrogen and oxygen atoms in total. The number of benzene rings is 1. The first-order valence-corrected chi connectivity index (χ1v) is 7.31. The van der Waals surface area contributed by atoms with Gasteiger partial charge in [-0.05, 0) is 24.3 Å². The van der Waals surface area contributed by atoms with Crippen molar-refractivity contribution in [2.45, 2.75) is 0 Å². The number of aromatic nitrogens is 3. The molecule has 0 aliphatic heterocycles. The van der Waals surface area contributed by atoms with E-state index in [9.17, 15) is 4.79 Å². The van der Waals surface area contributed by atoms with Crippen LogP contribution in [0.15, 0.2) is 73.1 Å². The summed E-state index contributed by atoms with van der Waals surface area (Å²) < 4.78 is 1.95. The molecule has 0 unspecified atom stereocenters. The molecule has 3 aromatic heterocycles. The monoisotopic (exact) mass is 299 g/mol. The molecule has 1 aromatic carbocycles. The maximum atomic E-state index is 11.4. The molecule has 0 amide bonds. The second kappa shape index (κ2) is 5.50. The minimum absolute atomic E-state index is 0.439. The fourth-order valence-electron chi connectivity index (χ4n) is 2.71. The molecule has 0 atom stereocenters. The molecule has 0 bridgehead atoms. The Labute approximate surface area is 133 Å². The van der Waals surface area contributed by atoms with Crippen molar-refractivity contribution < 1.29 is 4.79 Å². The highest BCUT2D eigenvalue weighted by Gasteiger charge is 2.14. The third kappa shape index (κ3) is 2.30. The minimum Gasteiger partial charge on any atom is -0.298 e. The third-order valence-corrected chi connectivity index (χ3v) is 3.77. The Kier molecular flexibility index (Phi) is 3.20. The molecule has 4 heteroatoms. The van der Waals surface area contributed by atoms with Crippen LogP contribution in [0.25, 0.3) is 28.2 Å². The molecule has 0 saturated carbocycles. The van der Waals surface area contributed by atoms with E-state index < -0.39 is 0 Å². The Morgan fingerprint density at radius 2 is 1.70 bits per heavy atom. The number of imidazole rings is 1. The van der Waals surface area contributed by atoms with Crippen molar-refractivity contribution in [3.8, 4) is 22.5 Å². The molecule has 3 heterocycles. The van der Waals surface area contributed by atoms with Gasteiger partial charge in [-0.1, -0.05) is 36.4 Å². The van der Waals surface area contributed by atoms with Gasteiger partial charge in [-0.3, -0.25) is 14.2 Å². The van der Waals surface area contributed by atoms with Crippen molar-refractivity contribution in [2.75, 3.05) is 0 Å². The lowest BCUT2D eigenvalue weighted by atomic mass is 10.1. The van der Waals surface area contributed by atoms with Gasteiger partial charge in [-0.25, -0.2) is 4.98 Å². The second-order valence-corrected chi connectivity index (χ2v) is 5.19. The number of hydrogen-bond donors (Lipinski definition) is 0. The predicted octanol–water partition coefficient (Wildman–Crippen LogP) is 3.88. The second-order valence-electron chi connectivity index (χ2n) is 5.19. The van der Waals surface area contributed by atoms with Gasteiger partial charge in [0.1, 0.15) is 11.3 Å². The summed E-state index contributed by atoms with van der Waals surface area (Å²) in [5.74, 6) is 0. The minimum atomic E-state index is 0.439. The summed E-state index contributed by atoms with van der Waals surface area (Å²) in [5, 5.41) is 0. The Hall–Kier alpha value is -3.27. The van der Waals surface area contributed by atoms with Gasteiger partial charge in [-0.2, -0.15) is 0 Å². The summed E-state index contributed by atoms with van der Waals surface area (Å²) in [5.41, 5.74) is 4.80. The number of fused-ring (bicyclic) bond motifs is 1. The summed E-state index contributed by atoms with van der Waals surface area (Å²) in [7, 11) is 0. The first kappa shape index (κ1) is 13.4. The van der Waals surface area contributed by atoms with Gasteiger partial charge in [0, 0.05) is 23.5 Å². The maximum Gasteiger partial charge on any atom is 0.170 e. The summed E-state index contributed by atoms with van der Waals surface area (Å²) in [6.45, 7) is 0. The predicted molar refractivity (Wildman–Crippen MR) is 89.2 cm³/mol. The normalized spacial score (nSPS) is 10.8. The molecule has 0 radical (unpaired) electrons. The molecular formula is C19H13N3O. The summed E-state index contributed by atoms with van der Waals surface area (Å²) in [6.07, 6.45) is 4.54. The van der Waals surface area contributed by atoms with Crippen LogP contribution in [0.2, 0.25) is 0 Å². The van der Waals surface area contributed by atoms with Gasteiger partial charge in [0.05, 0.1) is 11.4 Å². The van der Waals surface area contributed by atoms with Gasteiger partial charge < -0.3 is 0 Å². The first-order valence-electron chi connectivity index (χ1n) is 7.31. The average molecular weight is 299 g/mol. The molecule has 0 spiro atoms. The number of pyridine rings is 2. The average Bonchev–Trinajstić information content (AvgIpc) is 3.01. The highest BCUT2D eigenvalue weighted by atomic mass is 16.1. The molecule has 4 aromatic rings. The van der Waals surface area contributed by atoms with Crippen molar-refractivity contribution in [3.05, 3.63) is 78.8 Å². The number of nitrogens with zero attached hydrogens (tertiary/aromatic N) is 3. The van der Waals surface area contributed by atoms with E-state index in [1.165, 1.54) is 0 Å². The molecule has 0 aliphatic carbocycles. The number of carbonyl (C=O) groups is 1. The van der Waals surface area contributed by atoms with Crippen molar-refractivity contribution in [1.82, 2.24) is 14.4 Å². The van der Waals surface area contributed by atoms with Crippen LogP contribution < -0.4 is 0 Å². The highest BCUT2D eigenvalue weighted by molar-refractivity contribution is 5.86. The van der Waals surface area contributed by atoms with Crippen LogP contribution in [0, 0.1) is 0 Å². The van der Waals surface area contributed by atoms with Crippen LogP contribution >= 0.6 is 0 Å². The fourth-order valence-corrected chi connectivity index (χ4v) is 2.71. The standard InChI is InChI=1S/C19H13N3O/c23-13-17-19(14-6-2-1-3-7-14)22-12-15(9-10-18(22)21-17)16-8-4-5-11-20-16/h1-13H. The van der Waals surface area contributed by atoms with Crippen molar-refractivity contribution >= 4 is 11.9 Å². The number of carbonyl (C=O) groups excluding carboxylic acids is 1. The van der Waals surface area contributed by atoms with E-state index in [4.69, 9.17) is 0 Å². The van der Waals surface area contributed by atoms with E-state index in [1.807, 2.05) is 71.3 Å². The topological polar surface area (TPSA) is 47.3 Å². The van der Waals surface area contributed by atoms with E-state index in [1.54, 1.807) is 6.20 Å². The summed E-state index contributed by atoms with van der Waals surface area (Å²) in [6, 6.07) is 19.5. The number of rotatable bonds is 3. The largest absolute Gasteiger partial charge is 0.298 e. The molecule has 23 heavy (non-hydrogen) atoms. The third-order valence-electron chi connectivity index (χ3n) is 3.77. The molecule has 0 N–H and O–H groups in total. The van der Waals surface area contributed by atoms with Crippen molar-refractivity contribution in [3.63, 3.8) is 0 Å². The Morgan fingerprint density at radius 3 is 2.43 bits per heavy atom. The zero-order valence-corrected chi connectivity index (χ0v) is 12.3. The quantitative estimate of drug-likeness (QED) is 0.539. The van der Waals surface area contributed by atoms with E-state index in [-0.39, 0.29) is 0 Å². The van der Waals surface area contributed by atoms with Gasteiger partial charge in [0.2, 0.25) is 0 Å². The Bertz CT molecular complexity index is 976. The Balaban J connectivity index is 1.99. The molecule has 110 valence electrons.